The lowest BCUT2D eigenvalue weighted by atomic mass is 9.75. The fourth-order valence-corrected chi connectivity index (χ4v) is 6.19. The van der Waals surface area contributed by atoms with Crippen LogP contribution in [0, 0.1) is 11.3 Å². The second kappa shape index (κ2) is 16.6. The van der Waals surface area contributed by atoms with Crippen molar-refractivity contribution in [1.29, 1.82) is 0 Å². The number of para-hydroxylation sites is 1. The highest BCUT2D eigenvalue weighted by Crippen LogP contribution is 2.44. The number of aryl methyl sites for hydroxylation is 1. The van der Waals surface area contributed by atoms with Gasteiger partial charge in [-0.3, -0.25) is 33.7 Å². The number of nitrogens with zero attached hydrogens (tertiary/aromatic N) is 1. The van der Waals surface area contributed by atoms with Gasteiger partial charge in [0.2, 0.25) is 17.7 Å². The van der Waals surface area contributed by atoms with E-state index >= 15 is 0 Å². The molecule has 1 fully saturated rings. The zero-order chi connectivity index (χ0) is 33.9. The number of amides is 3. The molecule has 0 aromatic heterocycles. The molecule has 0 bridgehead atoms. The number of fused-ring (bicyclic) bond motifs is 1. The van der Waals surface area contributed by atoms with Gasteiger partial charge in [-0.15, -0.1) is 0 Å². The number of rotatable bonds is 14. The zero-order valence-electron chi connectivity index (χ0n) is 27.8. The Morgan fingerprint density at radius 1 is 1.07 bits per heavy atom. The number of hydrogen-bond donors (Lipinski definition) is 2. The Morgan fingerprint density at radius 3 is 2.41 bits per heavy atom. The Kier molecular flexibility index (Phi) is 13.1. The van der Waals surface area contributed by atoms with Crippen LogP contribution in [-0.4, -0.2) is 73.6 Å². The second-order valence-corrected chi connectivity index (χ2v) is 13.1. The van der Waals surface area contributed by atoms with Crippen molar-refractivity contribution in [3.05, 3.63) is 29.8 Å². The summed E-state index contributed by atoms with van der Waals surface area (Å²) in [5.41, 5.74) is -0.216. The first-order valence-electron chi connectivity index (χ1n) is 16.2. The van der Waals surface area contributed by atoms with Gasteiger partial charge >= 0.3 is 17.9 Å². The SMILES string of the molecule is CCOC(=O)C(CC(=O)NCCCOC(C)=O)CC1(C(=O)N[C@H]2CCc3ccccc3N(CC(=O)OC(C)(C)C)C2=O)CCCC1. The van der Waals surface area contributed by atoms with E-state index in [4.69, 9.17) is 14.2 Å². The molecular weight excluding hydrogens is 594 g/mol. The maximum absolute atomic E-state index is 14.1. The summed E-state index contributed by atoms with van der Waals surface area (Å²) in [4.78, 5) is 79.1. The van der Waals surface area contributed by atoms with Crippen LogP contribution in [0.4, 0.5) is 5.69 Å². The van der Waals surface area contributed by atoms with E-state index in [9.17, 15) is 28.8 Å². The third-order valence-corrected chi connectivity index (χ3v) is 8.24. The first kappa shape index (κ1) is 36.5. The highest BCUT2D eigenvalue weighted by Gasteiger charge is 2.46. The maximum Gasteiger partial charge on any atom is 0.326 e. The van der Waals surface area contributed by atoms with Gasteiger partial charge < -0.3 is 24.8 Å². The number of carbonyl (C=O) groups is 6. The molecule has 3 amide bonds. The molecule has 1 aliphatic heterocycles. The fourth-order valence-electron chi connectivity index (χ4n) is 6.19. The summed E-state index contributed by atoms with van der Waals surface area (Å²) in [6, 6.07) is 6.45. The molecule has 2 aliphatic rings. The van der Waals surface area contributed by atoms with Crippen LogP contribution in [0.3, 0.4) is 0 Å². The van der Waals surface area contributed by atoms with Gasteiger partial charge in [-0.25, -0.2) is 0 Å². The lowest BCUT2D eigenvalue weighted by molar-refractivity contribution is -0.153. The summed E-state index contributed by atoms with van der Waals surface area (Å²) in [5.74, 6) is -3.51. The van der Waals surface area contributed by atoms with Gasteiger partial charge in [-0.2, -0.15) is 0 Å². The molecule has 2 atom stereocenters. The standard InChI is InChI=1S/C34H49N3O9/c1-6-44-31(42)25(20-28(39)35-18-11-19-45-23(2)38)21-34(16-9-10-17-34)32(43)36-26-15-14-24-12-7-8-13-27(24)37(30(26)41)22-29(40)46-33(3,4)5/h7-8,12-13,25-26H,6,9-11,14-22H2,1-5H3,(H,35,39)(H,36,43)/t25?,26-/m0/s1. The number of nitrogens with one attached hydrogen (secondary N) is 2. The molecule has 0 spiro atoms. The quantitative estimate of drug-likeness (QED) is 0.176. The van der Waals surface area contributed by atoms with Gasteiger partial charge in [-0.1, -0.05) is 31.0 Å². The Bertz CT molecular complexity index is 1270. The number of benzene rings is 1. The van der Waals surface area contributed by atoms with Gasteiger partial charge in [0.25, 0.3) is 0 Å². The van der Waals surface area contributed by atoms with Crippen LogP contribution in [-0.2, 0) is 49.4 Å². The Morgan fingerprint density at radius 2 is 1.76 bits per heavy atom. The molecule has 1 aromatic carbocycles. The third-order valence-electron chi connectivity index (χ3n) is 8.24. The molecule has 1 saturated carbocycles. The van der Waals surface area contributed by atoms with Crippen molar-refractivity contribution < 1.29 is 43.0 Å². The average molecular weight is 644 g/mol. The third kappa shape index (κ3) is 10.6. The maximum atomic E-state index is 14.1. The van der Waals surface area contributed by atoms with Crippen LogP contribution < -0.4 is 15.5 Å². The molecular formula is C34H49N3O9. The van der Waals surface area contributed by atoms with E-state index in [0.29, 0.717) is 37.8 Å². The second-order valence-electron chi connectivity index (χ2n) is 13.1. The topological polar surface area (TPSA) is 157 Å². The lowest BCUT2D eigenvalue weighted by Crippen LogP contribution is -2.53. The first-order valence-corrected chi connectivity index (χ1v) is 16.2. The van der Waals surface area contributed by atoms with Gasteiger partial charge in [0.1, 0.15) is 18.2 Å². The monoisotopic (exact) mass is 643 g/mol. The highest BCUT2D eigenvalue weighted by atomic mass is 16.6. The van der Waals surface area contributed by atoms with E-state index in [1.165, 1.54) is 11.8 Å². The molecule has 0 radical (unpaired) electrons. The molecule has 12 heteroatoms. The molecule has 46 heavy (non-hydrogen) atoms. The molecule has 3 rings (SSSR count). The number of hydrogen-bond acceptors (Lipinski definition) is 9. The van der Waals surface area contributed by atoms with E-state index in [0.717, 1.165) is 18.4 Å². The van der Waals surface area contributed by atoms with Crippen LogP contribution in [0.2, 0.25) is 0 Å². The van der Waals surface area contributed by atoms with Crippen molar-refractivity contribution >= 4 is 41.3 Å². The minimum atomic E-state index is -0.970. The van der Waals surface area contributed by atoms with Crippen molar-refractivity contribution in [3.63, 3.8) is 0 Å². The molecule has 0 saturated heterocycles. The predicted octanol–water partition coefficient (Wildman–Crippen LogP) is 3.38. The van der Waals surface area contributed by atoms with Crippen molar-refractivity contribution in [2.24, 2.45) is 11.3 Å². The minimum Gasteiger partial charge on any atom is -0.466 e. The van der Waals surface area contributed by atoms with Crippen LogP contribution in [0.1, 0.15) is 91.5 Å². The summed E-state index contributed by atoms with van der Waals surface area (Å²) in [5, 5.41) is 5.73. The number of esters is 3. The smallest absolute Gasteiger partial charge is 0.326 e. The molecule has 1 unspecified atom stereocenters. The van der Waals surface area contributed by atoms with Crippen LogP contribution in [0.5, 0.6) is 0 Å². The highest BCUT2D eigenvalue weighted by molar-refractivity contribution is 6.03. The van der Waals surface area contributed by atoms with Crippen LogP contribution in [0.15, 0.2) is 24.3 Å². The fraction of sp³-hybridized carbons (Fsp3) is 0.647. The van der Waals surface area contributed by atoms with E-state index in [2.05, 4.69) is 10.6 Å². The van der Waals surface area contributed by atoms with Crippen molar-refractivity contribution in [2.45, 2.75) is 104 Å². The number of carbonyl (C=O) groups excluding carboxylic acids is 6. The van der Waals surface area contributed by atoms with Crippen molar-refractivity contribution in [1.82, 2.24) is 10.6 Å². The van der Waals surface area contributed by atoms with Crippen molar-refractivity contribution in [3.8, 4) is 0 Å². The first-order chi connectivity index (χ1) is 21.7. The van der Waals surface area contributed by atoms with Crippen LogP contribution >= 0.6 is 0 Å². The average Bonchev–Trinajstić information content (AvgIpc) is 3.42. The lowest BCUT2D eigenvalue weighted by Gasteiger charge is -2.33. The van der Waals surface area contributed by atoms with Gasteiger partial charge in [0, 0.05) is 25.6 Å². The summed E-state index contributed by atoms with van der Waals surface area (Å²) in [6.45, 7) is 8.52. The number of anilines is 1. The Hall–Kier alpha value is -3.96. The zero-order valence-corrected chi connectivity index (χ0v) is 27.8. The summed E-state index contributed by atoms with van der Waals surface area (Å²) in [6.07, 6.45) is 3.73. The number of ether oxygens (including phenoxy) is 3. The normalized spacial score (nSPS) is 18.1. The van der Waals surface area contributed by atoms with Crippen LogP contribution in [0.25, 0.3) is 0 Å². The molecule has 254 valence electrons. The van der Waals surface area contributed by atoms with E-state index in [1.54, 1.807) is 39.8 Å². The van der Waals surface area contributed by atoms with E-state index in [1.807, 2.05) is 12.1 Å². The van der Waals surface area contributed by atoms with Crippen molar-refractivity contribution in [2.75, 3.05) is 31.2 Å². The molecule has 1 aliphatic carbocycles. The van der Waals surface area contributed by atoms with E-state index in [-0.39, 0.29) is 51.0 Å². The minimum absolute atomic E-state index is 0.0985. The predicted molar refractivity (Wildman–Crippen MR) is 169 cm³/mol. The largest absolute Gasteiger partial charge is 0.466 e. The molecule has 1 heterocycles. The summed E-state index contributed by atoms with van der Waals surface area (Å²) in [7, 11) is 0. The molecule has 12 nitrogen and oxygen atoms in total. The summed E-state index contributed by atoms with van der Waals surface area (Å²) >= 11 is 0. The summed E-state index contributed by atoms with van der Waals surface area (Å²) < 4.78 is 15.7. The van der Waals surface area contributed by atoms with Gasteiger partial charge in [0.15, 0.2) is 0 Å². The van der Waals surface area contributed by atoms with Gasteiger partial charge in [-0.05, 0) is 77.8 Å². The Labute approximate surface area is 271 Å². The molecule has 1 aromatic rings. The van der Waals surface area contributed by atoms with E-state index < -0.39 is 46.8 Å². The van der Waals surface area contributed by atoms with Gasteiger partial charge in [0.05, 0.1) is 24.5 Å². The molecule has 2 N–H and O–H groups in total. The Balaban J connectivity index is 1.77.